The van der Waals surface area contributed by atoms with Gasteiger partial charge in [0.05, 0.1) is 22.4 Å². The topological polar surface area (TPSA) is 93.5 Å². The summed E-state index contributed by atoms with van der Waals surface area (Å²) >= 11 is 0. The van der Waals surface area contributed by atoms with Crippen molar-refractivity contribution < 1.29 is 13.2 Å². The van der Waals surface area contributed by atoms with Crippen LogP contribution in [0.15, 0.2) is 23.1 Å². The number of hydrogen-bond acceptors (Lipinski definition) is 5. The minimum atomic E-state index is -3.46. The highest BCUT2D eigenvalue weighted by atomic mass is 32.2. The molecule has 0 radical (unpaired) electrons. The highest BCUT2D eigenvalue weighted by Crippen LogP contribution is 2.23. The molecule has 1 unspecified atom stereocenters. The van der Waals surface area contributed by atoms with Crippen LogP contribution in [-0.4, -0.2) is 34.2 Å². The molecular formula is C14H23N3O3S. The zero-order chi connectivity index (χ0) is 15.3. The predicted molar refractivity (Wildman–Crippen MR) is 83.8 cm³/mol. The minimum Gasteiger partial charge on any atom is -0.397 e. The SMILES string of the molecule is CCNS(=O)(=O)c1ccc(N)c(NCCC2CCCO2)c1. The van der Waals surface area contributed by atoms with Gasteiger partial charge in [-0.15, -0.1) is 0 Å². The van der Waals surface area contributed by atoms with Gasteiger partial charge < -0.3 is 15.8 Å². The van der Waals surface area contributed by atoms with Gasteiger partial charge in [0.1, 0.15) is 0 Å². The molecule has 1 aliphatic rings. The molecule has 1 aromatic carbocycles. The van der Waals surface area contributed by atoms with Crippen LogP contribution in [0.2, 0.25) is 0 Å². The van der Waals surface area contributed by atoms with E-state index in [0.717, 1.165) is 25.9 Å². The van der Waals surface area contributed by atoms with Gasteiger partial charge in [-0.2, -0.15) is 0 Å². The van der Waals surface area contributed by atoms with Crippen molar-refractivity contribution in [3.05, 3.63) is 18.2 Å². The smallest absolute Gasteiger partial charge is 0.240 e. The molecule has 1 fully saturated rings. The Labute approximate surface area is 126 Å². The molecule has 0 saturated carbocycles. The lowest BCUT2D eigenvalue weighted by atomic mass is 10.2. The van der Waals surface area contributed by atoms with E-state index in [1.165, 1.54) is 6.07 Å². The third-order valence-corrected chi connectivity index (χ3v) is 5.02. The summed E-state index contributed by atoms with van der Waals surface area (Å²) in [5.74, 6) is 0. The molecule has 7 heteroatoms. The predicted octanol–water partition coefficient (Wildman–Crippen LogP) is 1.55. The van der Waals surface area contributed by atoms with E-state index in [1.807, 2.05) is 0 Å². The average Bonchev–Trinajstić information content (AvgIpc) is 2.94. The first-order valence-corrected chi connectivity index (χ1v) is 8.76. The van der Waals surface area contributed by atoms with Crippen molar-refractivity contribution >= 4 is 21.4 Å². The Morgan fingerprint density at radius 2 is 2.24 bits per heavy atom. The summed E-state index contributed by atoms with van der Waals surface area (Å²) < 4.78 is 32.0. The fraction of sp³-hybridized carbons (Fsp3) is 0.571. The maximum absolute atomic E-state index is 12.0. The van der Waals surface area contributed by atoms with Crippen molar-refractivity contribution in [2.75, 3.05) is 30.7 Å². The summed E-state index contributed by atoms with van der Waals surface area (Å²) in [6.45, 7) is 3.65. The normalized spacial score (nSPS) is 18.8. The van der Waals surface area contributed by atoms with E-state index >= 15 is 0 Å². The van der Waals surface area contributed by atoms with Crippen LogP contribution in [0.3, 0.4) is 0 Å². The molecule has 2 rings (SSSR count). The van der Waals surface area contributed by atoms with Crippen molar-refractivity contribution in [1.82, 2.24) is 4.72 Å². The van der Waals surface area contributed by atoms with Crippen LogP contribution in [0, 0.1) is 0 Å². The Kier molecular flexibility index (Phi) is 5.44. The van der Waals surface area contributed by atoms with Gasteiger partial charge in [0.15, 0.2) is 0 Å². The number of hydrogen-bond donors (Lipinski definition) is 3. The quantitative estimate of drug-likeness (QED) is 0.664. The first-order chi connectivity index (χ1) is 10.0. The number of rotatable bonds is 7. The first kappa shape index (κ1) is 16.1. The van der Waals surface area contributed by atoms with Crippen LogP contribution in [-0.2, 0) is 14.8 Å². The third-order valence-electron chi connectivity index (χ3n) is 3.48. The van der Waals surface area contributed by atoms with E-state index in [0.29, 0.717) is 30.6 Å². The van der Waals surface area contributed by atoms with Gasteiger partial charge in [0.25, 0.3) is 0 Å². The molecule has 4 N–H and O–H groups in total. The molecule has 0 spiro atoms. The summed E-state index contributed by atoms with van der Waals surface area (Å²) in [5.41, 5.74) is 7.08. The van der Waals surface area contributed by atoms with Gasteiger partial charge in [-0.05, 0) is 37.5 Å². The third kappa shape index (κ3) is 4.33. The number of nitrogens with two attached hydrogens (primary N) is 1. The maximum atomic E-state index is 12.0. The van der Waals surface area contributed by atoms with E-state index in [-0.39, 0.29) is 4.90 Å². The van der Waals surface area contributed by atoms with Gasteiger partial charge >= 0.3 is 0 Å². The Balaban J connectivity index is 2.01. The highest BCUT2D eigenvalue weighted by Gasteiger charge is 2.16. The van der Waals surface area contributed by atoms with Crippen molar-refractivity contribution in [3.63, 3.8) is 0 Å². The largest absolute Gasteiger partial charge is 0.397 e. The van der Waals surface area contributed by atoms with Crippen LogP contribution in [0.1, 0.15) is 26.2 Å². The maximum Gasteiger partial charge on any atom is 0.240 e. The molecular weight excluding hydrogens is 290 g/mol. The van der Waals surface area contributed by atoms with Crippen LogP contribution in [0.5, 0.6) is 0 Å². The highest BCUT2D eigenvalue weighted by molar-refractivity contribution is 7.89. The number of anilines is 2. The van der Waals surface area contributed by atoms with Gasteiger partial charge in [-0.1, -0.05) is 6.92 Å². The molecule has 1 aromatic rings. The monoisotopic (exact) mass is 313 g/mol. The molecule has 118 valence electrons. The minimum absolute atomic E-state index is 0.221. The molecule has 0 amide bonds. The number of nitrogens with one attached hydrogen (secondary N) is 2. The second kappa shape index (κ2) is 7.11. The standard InChI is InChI=1S/C14H23N3O3S/c1-2-17-21(18,19)12-5-6-13(15)14(10-12)16-8-7-11-4-3-9-20-11/h5-6,10-11,16-17H,2-4,7-9,15H2,1H3. The van der Waals surface area contributed by atoms with Gasteiger partial charge in [0.2, 0.25) is 10.0 Å². The summed E-state index contributed by atoms with van der Waals surface area (Å²) in [4.78, 5) is 0.221. The van der Waals surface area contributed by atoms with Gasteiger partial charge in [-0.3, -0.25) is 0 Å². The van der Waals surface area contributed by atoms with E-state index in [9.17, 15) is 8.42 Å². The van der Waals surface area contributed by atoms with Crippen molar-refractivity contribution in [2.45, 2.75) is 37.2 Å². The molecule has 0 aromatic heterocycles. The summed E-state index contributed by atoms with van der Waals surface area (Å²) in [6.07, 6.45) is 3.39. The molecule has 1 aliphatic heterocycles. The number of sulfonamides is 1. The zero-order valence-corrected chi connectivity index (χ0v) is 13.1. The molecule has 1 saturated heterocycles. The lowest BCUT2D eigenvalue weighted by molar-refractivity contribution is 0.107. The second-order valence-corrected chi connectivity index (χ2v) is 6.87. The first-order valence-electron chi connectivity index (χ1n) is 7.27. The lowest BCUT2D eigenvalue weighted by Crippen LogP contribution is -2.23. The summed E-state index contributed by atoms with van der Waals surface area (Å²) in [5, 5.41) is 3.20. The summed E-state index contributed by atoms with van der Waals surface area (Å²) in [7, 11) is -3.46. The fourth-order valence-electron chi connectivity index (χ4n) is 2.37. The molecule has 6 nitrogen and oxygen atoms in total. The second-order valence-electron chi connectivity index (χ2n) is 5.10. The van der Waals surface area contributed by atoms with E-state index < -0.39 is 10.0 Å². The molecule has 1 atom stereocenters. The Morgan fingerprint density at radius 1 is 1.43 bits per heavy atom. The van der Waals surface area contributed by atoms with Crippen molar-refractivity contribution in [2.24, 2.45) is 0 Å². The Bertz CT molecular complexity index is 569. The zero-order valence-electron chi connectivity index (χ0n) is 12.3. The van der Waals surface area contributed by atoms with Crippen molar-refractivity contribution in [1.29, 1.82) is 0 Å². The van der Waals surface area contributed by atoms with E-state index in [1.54, 1.807) is 19.1 Å². The molecule has 1 heterocycles. The molecule has 0 bridgehead atoms. The molecule has 0 aliphatic carbocycles. The molecule has 21 heavy (non-hydrogen) atoms. The Hall–Kier alpha value is -1.31. The Morgan fingerprint density at radius 3 is 2.90 bits per heavy atom. The van der Waals surface area contributed by atoms with Gasteiger partial charge in [-0.25, -0.2) is 13.1 Å². The van der Waals surface area contributed by atoms with Crippen LogP contribution in [0.25, 0.3) is 0 Å². The fourth-order valence-corrected chi connectivity index (χ4v) is 3.44. The lowest BCUT2D eigenvalue weighted by Gasteiger charge is -2.14. The number of benzene rings is 1. The van der Waals surface area contributed by atoms with Crippen LogP contribution in [0.4, 0.5) is 11.4 Å². The number of ether oxygens (including phenoxy) is 1. The van der Waals surface area contributed by atoms with Gasteiger partial charge in [0, 0.05) is 19.7 Å². The summed E-state index contributed by atoms with van der Waals surface area (Å²) in [6, 6.07) is 4.69. The van der Waals surface area contributed by atoms with E-state index in [4.69, 9.17) is 10.5 Å². The van der Waals surface area contributed by atoms with Crippen LogP contribution >= 0.6 is 0 Å². The van der Waals surface area contributed by atoms with Crippen molar-refractivity contribution in [3.8, 4) is 0 Å². The van der Waals surface area contributed by atoms with Crippen LogP contribution < -0.4 is 15.8 Å². The van der Waals surface area contributed by atoms with E-state index in [2.05, 4.69) is 10.0 Å². The average molecular weight is 313 g/mol. The number of nitrogen functional groups attached to an aromatic ring is 1.